The highest BCUT2D eigenvalue weighted by Gasteiger charge is 2.14. The lowest BCUT2D eigenvalue weighted by molar-refractivity contribution is -0.132. The Bertz CT molecular complexity index is 850. The molecule has 2 rings (SSSR count). The van der Waals surface area contributed by atoms with E-state index in [-0.39, 0.29) is 30.7 Å². The second-order valence-electron chi connectivity index (χ2n) is 5.88. The first kappa shape index (κ1) is 20.2. The first-order valence-electron chi connectivity index (χ1n) is 8.19. The summed E-state index contributed by atoms with van der Waals surface area (Å²) in [5.41, 5.74) is 1.97. The maximum absolute atomic E-state index is 12.3. The minimum absolute atomic E-state index is 0.0706. The zero-order valence-electron chi connectivity index (χ0n) is 14.9. The van der Waals surface area contributed by atoms with Crippen LogP contribution >= 0.6 is 11.6 Å². The molecule has 0 unspecified atom stereocenters. The van der Waals surface area contributed by atoms with Crippen molar-refractivity contribution in [1.29, 1.82) is 0 Å². The third-order valence-corrected chi connectivity index (χ3v) is 3.91. The number of carbonyl (C=O) groups excluding carboxylic acids is 3. The first-order valence-corrected chi connectivity index (χ1v) is 8.57. The SMILES string of the molecule is C=CC(=O)Nc1ccc(CC(=O)N(C)CC(=O)Nc2cccc(Cl)c2)cc1. The van der Waals surface area contributed by atoms with Crippen LogP contribution in [0.25, 0.3) is 0 Å². The maximum atomic E-state index is 12.3. The van der Waals surface area contributed by atoms with Crippen molar-refractivity contribution < 1.29 is 14.4 Å². The molecule has 0 saturated heterocycles. The summed E-state index contributed by atoms with van der Waals surface area (Å²) in [6, 6.07) is 13.7. The van der Waals surface area contributed by atoms with E-state index in [2.05, 4.69) is 17.2 Å². The quantitative estimate of drug-likeness (QED) is 0.719. The van der Waals surface area contributed by atoms with E-state index >= 15 is 0 Å². The molecule has 0 saturated carbocycles. The molecule has 0 spiro atoms. The zero-order valence-corrected chi connectivity index (χ0v) is 15.6. The Hall–Kier alpha value is -3.12. The number of benzene rings is 2. The molecule has 0 bridgehead atoms. The van der Waals surface area contributed by atoms with Gasteiger partial charge in [-0.05, 0) is 42.0 Å². The van der Waals surface area contributed by atoms with Crippen molar-refractivity contribution >= 4 is 40.7 Å². The molecule has 0 fully saturated rings. The van der Waals surface area contributed by atoms with Crippen LogP contribution in [0.2, 0.25) is 5.02 Å². The monoisotopic (exact) mass is 385 g/mol. The molecule has 0 aromatic heterocycles. The fourth-order valence-electron chi connectivity index (χ4n) is 2.28. The van der Waals surface area contributed by atoms with Gasteiger partial charge in [0.15, 0.2) is 0 Å². The Kier molecular flexibility index (Phi) is 7.14. The topological polar surface area (TPSA) is 78.5 Å². The third-order valence-electron chi connectivity index (χ3n) is 3.68. The number of likely N-dealkylation sites (N-methyl/N-ethyl adjacent to an activating group) is 1. The van der Waals surface area contributed by atoms with E-state index in [4.69, 9.17) is 11.6 Å². The van der Waals surface area contributed by atoms with Crippen molar-refractivity contribution in [1.82, 2.24) is 4.90 Å². The molecule has 2 N–H and O–H groups in total. The van der Waals surface area contributed by atoms with Gasteiger partial charge in [0.2, 0.25) is 17.7 Å². The molecule has 0 heterocycles. The highest BCUT2D eigenvalue weighted by atomic mass is 35.5. The molecular weight excluding hydrogens is 366 g/mol. The molecule has 0 atom stereocenters. The molecule has 2 aromatic carbocycles. The first-order chi connectivity index (χ1) is 12.9. The van der Waals surface area contributed by atoms with Crippen LogP contribution in [0, 0.1) is 0 Å². The van der Waals surface area contributed by atoms with Gasteiger partial charge < -0.3 is 15.5 Å². The van der Waals surface area contributed by atoms with Crippen molar-refractivity contribution in [3.8, 4) is 0 Å². The van der Waals surface area contributed by atoms with Gasteiger partial charge in [-0.2, -0.15) is 0 Å². The van der Waals surface area contributed by atoms with Crippen LogP contribution in [0.15, 0.2) is 61.2 Å². The summed E-state index contributed by atoms with van der Waals surface area (Å²) in [5.74, 6) is -0.806. The third kappa shape index (κ3) is 6.60. The molecule has 3 amide bonds. The summed E-state index contributed by atoms with van der Waals surface area (Å²) in [6.45, 7) is 3.32. The minimum atomic E-state index is -0.310. The molecular formula is C20H20ClN3O3. The van der Waals surface area contributed by atoms with Gasteiger partial charge in [0.1, 0.15) is 0 Å². The maximum Gasteiger partial charge on any atom is 0.247 e. The van der Waals surface area contributed by atoms with Crippen molar-refractivity contribution in [2.75, 3.05) is 24.2 Å². The van der Waals surface area contributed by atoms with Gasteiger partial charge in [-0.3, -0.25) is 14.4 Å². The minimum Gasteiger partial charge on any atom is -0.336 e. The number of anilines is 2. The van der Waals surface area contributed by atoms with Crippen LogP contribution in [0.3, 0.4) is 0 Å². The number of carbonyl (C=O) groups is 3. The molecule has 27 heavy (non-hydrogen) atoms. The van der Waals surface area contributed by atoms with E-state index in [0.717, 1.165) is 5.56 Å². The van der Waals surface area contributed by atoms with Crippen molar-refractivity contribution in [2.24, 2.45) is 0 Å². The molecule has 0 radical (unpaired) electrons. The predicted octanol–water partition coefficient (Wildman–Crippen LogP) is 3.10. The summed E-state index contributed by atoms with van der Waals surface area (Å²) in [7, 11) is 1.57. The van der Waals surface area contributed by atoms with E-state index in [9.17, 15) is 14.4 Å². The molecule has 6 nitrogen and oxygen atoms in total. The van der Waals surface area contributed by atoms with E-state index in [1.807, 2.05) is 0 Å². The van der Waals surface area contributed by atoms with E-state index < -0.39 is 0 Å². The lowest BCUT2D eigenvalue weighted by Gasteiger charge is -2.17. The van der Waals surface area contributed by atoms with E-state index in [1.165, 1.54) is 11.0 Å². The predicted molar refractivity (Wildman–Crippen MR) is 107 cm³/mol. The average molecular weight is 386 g/mol. The number of halogens is 1. The number of nitrogens with one attached hydrogen (secondary N) is 2. The highest BCUT2D eigenvalue weighted by Crippen LogP contribution is 2.15. The van der Waals surface area contributed by atoms with Crippen molar-refractivity contribution in [3.05, 3.63) is 71.8 Å². The Balaban J connectivity index is 1.86. The summed E-state index contributed by atoms with van der Waals surface area (Å²) < 4.78 is 0. The smallest absolute Gasteiger partial charge is 0.247 e. The zero-order chi connectivity index (χ0) is 19.8. The summed E-state index contributed by atoms with van der Waals surface area (Å²) >= 11 is 5.88. The lowest BCUT2D eigenvalue weighted by Crippen LogP contribution is -2.35. The molecule has 140 valence electrons. The number of amides is 3. The van der Waals surface area contributed by atoms with Crippen LogP contribution in [0.5, 0.6) is 0 Å². The molecule has 0 aliphatic heterocycles. The molecule has 2 aromatic rings. The molecule has 7 heteroatoms. The summed E-state index contributed by atoms with van der Waals surface area (Å²) in [4.78, 5) is 37.0. The highest BCUT2D eigenvalue weighted by molar-refractivity contribution is 6.30. The van der Waals surface area contributed by atoms with Gasteiger partial charge in [0.05, 0.1) is 13.0 Å². The van der Waals surface area contributed by atoms with Gasteiger partial charge in [0, 0.05) is 23.4 Å². The van der Waals surface area contributed by atoms with E-state index in [0.29, 0.717) is 16.4 Å². The Morgan fingerprint density at radius 3 is 2.41 bits per heavy atom. The largest absolute Gasteiger partial charge is 0.336 e. The average Bonchev–Trinajstić information content (AvgIpc) is 2.63. The number of hydrogen-bond donors (Lipinski definition) is 2. The van der Waals surface area contributed by atoms with Crippen molar-refractivity contribution in [3.63, 3.8) is 0 Å². The second kappa shape index (κ2) is 9.54. The van der Waals surface area contributed by atoms with Crippen LogP contribution in [-0.2, 0) is 20.8 Å². The van der Waals surface area contributed by atoms with Gasteiger partial charge in [-0.25, -0.2) is 0 Å². The van der Waals surface area contributed by atoms with Crippen LogP contribution in [0.1, 0.15) is 5.56 Å². The van der Waals surface area contributed by atoms with Crippen LogP contribution in [-0.4, -0.2) is 36.2 Å². The number of nitrogens with zero attached hydrogens (tertiary/aromatic N) is 1. The van der Waals surface area contributed by atoms with Gasteiger partial charge >= 0.3 is 0 Å². The molecule has 0 aliphatic carbocycles. The van der Waals surface area contributed by atoms with Crippen molar-refractivity contribution in [2.45, 2.75) is 6.42 Å². The fraction of sp³-hybridized carbons (Fsp3) is 0.150. The van der Waals surface area contributed by atoms with Gasteiger partial charge in [-0.15, -0.1) is 0 Å². The Morgan fingerprint density at radius 2 is 1.78 bits per heavy atom. The van der Waals surface area contributed by atoms with Gasteiger partial charge in [-0.1, -0.05) is 36.4 Å². The fourth-order valence-corrected chi connectivity index (χ4v) is 2.47. The number of rotatable bonds is 7. The summed E-state index contributed by atoms with van der Waals surface area (Å²) in [6.07, 6.45) is 1.33. The van der Waals surface area contributed by atoms with Crippen LogP contribution < -0.4 is 10.6 Å². The lowest BCUT2D eigenvalue weighted by atomic mass is 10.1. The Morgan fingerprint density at radius 1 is 1.07 bits per heavy atom. The molecule has 0 aliphatic rings. The normalized spacial score (nSPS) is 10.0. The standard InChI is InChI=1S/C20H20ClN3O3/c1-3-18(25)22-16-9-7-14(8-10-16)11-20(27)24(2)13-19(26)23-17-6-4-5-15(21)12-17/h3-10,12H,1,11,13H2,2H3,(H,22,25)(H,23,26). The summed E-state index contributed by atoms with van der Waals surface area (Å²) in [5, 5.41) is 5.85. The Labute approximate surface area is 162 Å². The second-order valence-corrected chi connectivity index (χ2v) is 6.31. The van der Waals surface area contributed by atoms with Gasteiger partial charge in [0.25, 0.3) is 0 Å². The number of hydrogen-bond acceptors (Lipinski definition) is 3. The van der Waals surface area contributed by atoms with Crippen LogP contribution in [0.4, 0.5) is 11.4 Å². The van der Waals surface area contributed by atoms with E-state index in [1.54, 1.807) is 55.6 Å².